The third kappa shape index (κ3) is 6.07. The number of hydrogen-bond donors (Lipinski definition) is 3. The fourth-order valence-corrected chi connectivity index (χ4v) is 3.38. The molecule has 1 amide bonds. The molecule has 4 N–H and O–H groups in total. The average molecular weight is 376 g/mol. The van der Waals surface area contributed by atoms with Crippen LogP contribution in [0.4, 0.5) is 10.9 Å². The first-order valence-electron chi connectivity index (χ1n) is 9.18. The molecule has 0 unspecified atom stereocenters. The SMILES string of the molecule is Cc1ccc(C(=O)Nc2nc(C)c(C)s2)c(NCCCCCCCN)n1. The quantitative estimate of drug-likeness (QED) is 0.545. The highest BCUT2D eigenvalue weighted by molar-refractivity contribution is 7.15. The van der Waals surface area contributed by atoms with Crippen LogP contribution in [-0.2, 0) is 0 Å². The van der Waals surface area contributed by atoms with E-state index in [4.69, 9.17) is 5.73 Å². The van der Waals surface area contributed by atoms with Gasteiger partial charge in [-0.05, 0) is 52.3 Å². The highest BCUT2D eigenvalue weighted by Gasteiger charge is 2.15. The van der Waals surface area contributed by atoms with Crippen LogP contribution in [0.3, 0.4) is 0 Å². The highest BCUT2D eigenvalue weighted by Crippen LogP contribution is 2.23. The minimum absolute atomic E-state index is 0.184. The summed E-state index contributed by atoms with van der Waals surface area (Å²) >= 11 is 1.48. The molecule has 0 aromatic carbocycles. The summed E-state index contributed by atoms with van der Waals surface area (Å²) in [4.78, 5) is 22.6. The first-order chi connectivity index (χ1) is 12.5. The molecule has 142 valence electrons. The number of pyridine rings is 1. The lowest BCUT2D eigenvalue weighted by Gasteiger charge is -2.11. The smallest absolute Gasteiger partial charge is 0.261 e. The van der Waals surface area contributed by atoms with Crippen molar-refractivity contribution in [1.29, 1.82) is 0 Å². The maximum absolute atomic E-state index is 12.6. The number of rotatable bonds is 10. The maximum atomic E-state index is 12.6. The predicted molar refractivity (Wildman–Crippen MR) is 109 cm³/mol. The fraction of sp³-hybridized carbons (Fsp3) is 0.526. The predicted octanol–water partition coefficient (Wildman–Crippen LogP) is 4.04. The van der Waals surface area contributed by atoms with Crippen molar-refractivity contribution in [3.8, 4) is 0 Å². The normalized spacial score (nSPS) is 10.8. The van der Waals surface area contributed by atoms with Crippen molar-refractivity contribution < 1.29 is 4.79 Å². The number of aromatic nitrogens is 2. The van der Waals surface area contributed by atoms with Crippen LogP contribution in [0.1, 0.15) is 58.7 Å². The summed E-state index contributed by atoms with van der Waals surface area (Å²) in [5.74, 6) is 0.450. The van der Waals surface area contributed by atoms with Crippen LogP contribution in [0.15, 0.2) is 12.1 Å². The van der Waals surface area contributed by atoms with E-state index in [-0.39, 0.29) is 5.91 Å². The molecule has 0 spiro atoms. The number of aryl methyl sites for hydroxylation is 3. The van der Waals surface area contributed by atoms with E-state index >= 15 is 0 Å². The molecule has 0 saturated carbocycles. The van der Waals surface area contributed by atoms with Crippen LogP contribution in [0.2, 0.25) is 0 Å². The van der Waals surface area contributed by atoms with Crippen LogP contribution < -0.4 is 16.4 Å². The molecule has 0 fully saturated rings. The van der Waals surface area contributed by atoms with Crippen LogP contribution in [0.25, 0.3) is 0 Å². The molecule has 7 heteroatoms. The molecular formula is C19H29N5OS. The number of anilines is 2. The summed E-state index contributed by atoms with van der Waals surface area (Å²) in [5.41, 5.74) is 7.88. The molecule has 2 aromatic heterocycles. The van der Waals surface area contributed by atoms with Crippen molar-refractivity contribution in [3.05, 3.63) is 34.0 Å². The van der Waals surface area contributed by atoms with Crippen LogP contribution in [-0.4, -0.2) is 29.0 Å². The first-order valence-corrected chi connectivity index (χ1v) is 10.00. The van der Waals surface area contributed by atoms with E-state index in [1.54, 1.807) is 0 Å². The van der Waals surface area contributed by atoms with E-state index in [1.165, 1.54) is 24.2 Å². The summed E-state index contributed by atoms with van der Waals surface area (Å²) in [7, 11) is 0. The molecule has 0 aliphatic carbocycles. The molecule has 0 aliphatic rings. The molecule has 0 atom stereocenters. The minimum atomic E-state index is -0.184. The Balaban J connectivity index is 1.94. The van der Waals surface area contributed by atoms with E-state index in [2.05, 4.69) is 20.6 Å². The second-order valence-electron chi connectivity index (χ2n) is 6.45. The number of amides is 1. The van der Waals surface area contributed by atoms with Gasteiger partial charge >= 0.3 is 0 Å². The van der Waals surface area contributed by atoms with Crippen molar-refractivity contribution in [2.45, 2.75) is 52.9 Å². The van der Waals surface area contributed by atoms with Gasteiger partial charge in [0.05, 0.1) is 11.3 Å². The third-order valence-electron chi connectivity index (χ3n) is 4.20. The summed E-state index contributed by atoms with van der Waals surface area (Å²) in [5, 5.41) is 6.82. The lowest BCUT2D eigenvalue weighted by molar-refractivity contribution is 0.102. The largest absolute Gasteiger partial charge is 0.369 e. The van der Waals surface area contributed by atoms with Gasteiger partial charge in [-0.1, -0.05) is 19.3 Å². The summed E-state index contributed by atoms with van der Waals surface area (Å²) in [6.45, 7) is 7.43. The van der Waals surface area contributed by atoms with Gasteiger partial charge in [-0.2, -0.15) is 0 Å². The molecule has 2 heterocycles. The zero-order chi connectivity index (χ0) is 18.9. The van der Waals surface area contributed by atoms with Crippen molar-refractivity contribution in [2.24, 2.45) is 5.73 Å². The van der Waals surface area contributed by atoms with Gasteiger partial charge in [-0.15, -0.1) is 11.3 Å². The van der Waals surface area contributed by atoms with E-state index < -0.39 is 0 Å². The number of nitrogens with two attached hydrogens (primary N) is 1. The zero-order valence-electron chi connectivity index (χ0n) is 15.9. The van der Waals surface area contributed by atoms with Gasteiger partial charge in [0, 0.05) is 17.1 Å². The molecule has 0 aliphatic heterocycles. The summed E-state index contributed by atoms with van der Waals surface area (Å²) in [6, 6.07) is 3.67. The number of unbranched alkanes of at least 4 members (excludes halogenated alkanes) is 4. The van der Waals surface area contributed by atoms with E-state index in [0.717, 1.165) is 48.6 Å². The van der Waals surface area contributed by atoms with E-state index in [9.17, 15) is 4.79 Å². The molecule has 0 bridgehead atoms. The van der Waals surface area contributed by atoms with Crippen LogP contribution in [0.5, 0.6) is 0 Å². The standard InChI is InChI=1S/C19H29N5OS/c1-13-9-10-16(18(25)24-19-23-14(2)15(3)26-19)17(22-13)21-12-8-6-4-5-7-11-20/h9-10H,4-8,11-12,20H2,1-3H3,(H,21,22)(H,23,24,25). The Morgan fingerprint density at radius 1 is 1.08 bits per heavy atom. The molecule has 26 heavy (non-hydrogen) atoms. The number of carbonyl (C=O) groups is 1. The molecule has 0 radical (unpaired) electrons. The molecule has 6 nitrogen and oxygen atoms in total. The highest BCUT2D eigenvalue weighted by atomic mass is 32.1. The molecule has 2 aromatic rings. The van der Waals surface area contributed by atoms with Gasteiger partial charge in [0.25, 0.3) is 5.91 Å². The van der Waals surface area contributed by atoms with Crippen molar-refractivity contribution >= 4 is 28.2 Å². The monoisotopic (exact) mass is 375 g/mol. The topological polar surface area (TPSA) is 92.9 Å². The summed E-state index contributed by atoms with van der Waals surface area (Å²) in [6.07, 6.45) is 5.66. The van der Waals surface area contributed by atoms with Crippen molar-refractivity contribution in [3.63, 3.8) is 0 Å². The maximum Gasteiger partial charge on any atom is 0.261 e. The number of nitrogens with zero attached hydrogens (tertiary/aromatic N) is 2. The Labute approximate surface area is 159 Å². The van der Waals surface area contributed by atoms with Gasteiger partial charge in [-0.25, -0.2) is 9.97 Å². The lowest BCUT2D eigenvalue weighted by atomic mass is 10.1. The third-order valence-corrected chi connectivity index (χ3v) is 5.19. The van der Waals surface area contributed by atoms with E-state index in [0.29, 0.717) is 16.5 Å². The average Bonchev–Trinajstić information content (AvgIpc) is 2.91. The number of nitrogens with one attached hydrogen (secondary N) is 2. The van der Waals surface area contributed by atoms with Crippen molar-refractivity contribution in [1.82, 2.24) is 9.97 Å². The second-order valence-corrected chi connectivity index (χ2v) is 7.65. The van der Waals surface area contributed by atoms with Crippen molar-refractivity contribution in [2.75, 3.05) is 23.7 Å². The molecular weight excluding hydrogens is 346 g/mol. The Kier molecular flexibility index (Phi) is 8.00. The van der Waals surface area contributed by atoms with Gasteiger partial charge in [0.15, 0.2) is 5.13 Å². The Morgan fingerprint density at radius 3 is 2.50 bits per heavy atom. The van der Waals surface area contributed by atoms with Gasteiger partial charge in [0.2, 0.25) is 0 Å². The number of thiazole rings is 1. The second kappa shape index (κ2) is 10.2. The molecule has 0 saturated heterocycles. The van der Waals surface area contributed by atoms with E-state index in [1.807, 2.05) is 32.9 Å². The number of hydrogen-bond acceptors (Lipinski definition) is 6. The van der Waals surface area contributed by atoms with Crippen LogP contribution >= 0.6 is 11.3 Å². The van der Waals surface area contributed by atoms with Gasteiger partial charge in [0.1, 0.15) is 5.82 Å². The Hall–Kier alpha value is -1.99. The first kappa shape index (κ1) is 20.3. The molecule has 2 rings (SSSR count). The minimum Gasteiger partial charge on any atom is -0.369 e. The van der Waals surface area contributed by atoms with Gasteiger partial charge < -0.3 is 11.1 Å². The lowest BCUT2D eigenvalue weighted by Crippen LogP contribution is -2.16. The fourth-order valence-electron chi connectivity index (χ4n) is 2.57. The number of carbonyl (C=O) groups excluding carboxylic acids is 1. The Bertz CT molecular complexity index is 709. The van der Waals surface area contributed by atoms with Gasteiger partial charge in [-0.3, -0.25) is 10.1 Å². The van der Waals surface area contributed by atoms with Crippen LogP contribution in [0, 0.1) is 20.8 Å². The Morgan fingerprint density at radius 2 is 1.81 bits per heavy atom. The zero-order valence-corrected chi connectivity index (χ0v) is 16.7. The summed E-state index contributed by atoms with van der Waals surface area (Å²) < 4.78 is 0.